The minimum absolute atomic E-state index is 0.0163. The second kappa shape index (κ2) is 8.10. The lowest BCUT2D eigenvalue weighted by molar-refractivity contribution is 0.0671. The third-order valence-corrected chi connectivity index (χ3v) is 5.00. The van der Waals surface area contributed by atoms with Gasteiger partial charge in [0.15, 0.2) is 11.5 Å². The molecule has 1 heterocycles. The number of hydrogen-bond donors (Lipinski definition) is 0. The number of hydrogen-bond acceptors (Lipinski definition) is 6. The normalized spacial score (nSPS) is 13.8. The molecule has 2 aromatic carbocycles. The van der Waals surface area contributed by atoms with E-state index in [-0.39, 0.29) is 24.5 Å². The maximum absolute atomic E-state index is 13.2. The summed E-state index contributed by atoms with van der Waals surface area (Å²) < 4.78 is 38.3. The van der Waals surface area contributed by atoms with E-state index < -0.39 is 10.1 Å². The molecule has 8 heteroatoms. The zero-order valence-corrected chi connectivity index (χ0v) is 16.9. The van der Waals surface area contributed by atoms with E-state index in [1.165, 1.54) is 0 Å². The number of nitrogens with zero attached hydrogens (tertiary/aromatic N) is 1. The molecule has 150 valence electrons. The molecule has 0 radical (unpaired) electrons. The van der Waals surface area contributed by atoms with Crippen LogP contribution in [0.15, 0.2) is 42.5 Å². The highest BCUT2D eigenvalue weighted by molar-refractivity contribution is 7.86. The lowest BCUT2D eigenvalue weighted by Gasteiger charge is -2.29. The Labute approximate surface area is 164 Å². The molecule has 0 unspecified atom stereocenters. The SMILES string of the molecule is CC[C@H](C)N(Cc1cccc(OS(C)(=O)=O)c1)C(=O)c1ccc2c(c1)OCO2. The van der Waals surface area contributed by atoms with Crippen LogP contribution in [0.3, 0.4) is 0 Å². The number of fused-ring (bicyclic) bond motifs is 1. The van der Waals surface area contributed by atoms with Crippen molar-refractivity contribution in [3.63, 3.8) is 0 Å². The topological polar surface area (TPSA) is 82.1 Å². The summed E-state index contributed by atoms with van der Waals surface area (Å²) in [4.78, 5) is 14.9. The van der Waals surface area contributed by atoms with Gasteiger partial charge in [-0.3, -0.25) is 4.79 Å². The highest BCUT2D eigenvalue weighted by Gasteiger charge is 2.23. The van der Waals surface area contributed by atoms with E-state index >= 15 is 0 Å². The van der Waals surface area contributed by atoms with Crippen LogP contribution in [0.1, 0.15) is 36.2 Å². The summed E-state index contributed by atoms with van der Waals surface area (Å²) in [7, 11) is -3.61. The second-order valence-electron chi connectivity index (χ2n) is 6.69. The van der Waals surface area contributed by atoms with Gasteiger partial charge in [0.25, 0.3) is 5.91 Å². The lowest BCUT2D eigenvalue weighted by Crippen LogP contribution is -2.37. The van der Waals surface area contributed by atoms with Crippen molar-refractivity contribution in [1.29, 1.82) is 0 Å². The van der Waals surface area contributed by atoms with Gasteiger partial charge in [-0.25, -0.2) is 0 Å². The van der Waals surface area contributed by atoms with Gasteiger partial charge in [-0.05, 0) is 49.2 Å². The summed E-state index contributed by atoms with van der Waals surface area (Å²) in [5.41, 5.74) is 1.28. The van der Waals surface area contributed by atoms with Crippen molar-refractivity contribution >= 4 is 16.0 Å². The van der Waals surface area contributed by atoms with E-state index in [2.05, 4.69) is 0 Å². The zero-order chi connectivity index (χ0) is 20.3. The molecule has 3 rings (SSSR count). The van der Waals surface area contributed by atoms with Gasteiger partial charge in [0, 0.05) is 18.2 Å². The molecular formula is C20H23NO6S. The fourth-order valence-corrected chi connectivity index (χ4v) is 3.36. The van der Waals surface area contributed by atoms with Crippen molar-refractivity contribution in [1.82, 2.24) is 4.90 Å². The Bertz CT molecular complexity index is 972. The highest BCUT2D eigenvalue weighted by Crippen LogP contribution is 2.33. The van der Waals surface area contributed by atoms with Crippen LogP contribution in [0.25, 0.3) is 0 Å². The van der Waals surface area contributed by atoms with Crippen LogP contribution in [0.4, 0.5) is 0 Å². The summed E-state index contributed by atoms with van der Waals surface area (Å²) >= 11 is 0. The van der Waals surface area contributed by atoms with Crippen molar-refractivity contribution < 1.29 is 26.9 Å². The number of carbonyl (C=O) groups is 1. The van der Waals surface area contributed by atoms with Gasteiger partial charge >= 0.3 is 10.1 Å². The molecule has 1 aliphatic heterocycles. The van der Waals surface area contributed by atoms with Crippen molar-refractivity contribution in [2.75, 3.05) is 13.0 Å². The number of benzene rings is 2. The Balaban J connectivity index is 1.85. The molecule has 0 aliphatic carbocycles. The maximum atomic E-state index is 13.2. The quantitative estimate of drug-likeness (QED) is 0.658. The Morgan fingerprint density at radius 3 is 2.64 bits per heavy atom. The average Bonchev–Trinajstić information content (AvgIpc) is 3.11. The molecule has 2 aromatic rings. The Hall–Kier alpha value is -2.74. The van der Waals surface area contributed by atoms with Crippen LogP contribution in [0, 0.1) is 0 Å². The van der Waals surface area contributed by atoms with Crippen molar-refractivity contribution in [2.24, 2.45) is 0 Å². The van der Waals surface area contributed by atoms with Crippen molar-refractivity contribution in [3.05, 3.63) is 53.6 Å². The summed E-state index contributed by atoms with van der Waals surface area (Å²) in [6.07, 6.45) is 1.77. The number of carbonyl (C=O) groups excluding carboxylic acids is 1. The van der Waals surface area contributed by atoms with E-state index in [4.69, 9.17) is 13.7 Å². The van der Waals surface area contributed by atoms with E-state index in [1.807, 2.05) is 19.9 Å². The Morgan fingerprint density at radius 1 is 1.18 bits per heavy atom. The molecule has 0 N–H and O–H groups in total. The van der Waals surface area contributed by atoms with E-state index in [0.717, 1.165) is 18.2 Å². The molecule has 0 fully saturated rings. The first-order valence-corrected chi connectivity index (χ1v) is 10.8. The van der Waals surface area contributed by atoms with Crippen LogP contribution in [0.5, 0.6) is 17.2 Å². The van der Waals surface area contributed by atoms with Crippen LogP contribution in [-0.4, -0.2) is 38.3 Å². The average molecular weight is 405 g/mol. The summed E-state index contributed by atoms with van der Waals surface area (Å²) in [6.45, 7) is 4.45. The molecule has 7 nitrogen and oxygen atoms in total. The minimum Gasteiger partial charge on any atom is -0.454 e. The monoisotopic (exact) mass is 405 g/mol. The molecule has 0 saturated carbocycles. The molecular weight excluding hydrogens is 382 g/mol. The molecule has 0 aromatic heterocycles. The largest absolute Gasteiger partial charge is 0.454 e. The van der Waals surface area contributed by atoms with Crippen LogP contribution in [-0.2, 0) is 16.7 Å². The van der Waals surface area contributed by atoms with E-state index in [1.54, 1.807) is 41.3 Å². The first-order valence-electron chi connectivity index (χ1n) is 8.96. The molecule has 0 saturated heterocycles. The Morgan fingerprint density at radius 2 is 1.93 bits per heavy atom. The third-order valence-electron chi connectivity index (χ3n) is 4.50. The molecule has 0 bridgehead atoms. The van der Waals surface area contributed by atoms with Crippen LogP contribution >= 0.6 is 0 Å². The predicted molar refractivity (Wildman–Crippen MR) is 104 cm³/mol. The van der Waals surface area contributed by atoms with Crippen molar-refractivity contribution in [3.8, 4) is 17.2 Å². The molecule has 28 heavy (non-hydrogen) atoms. The molecule has 1 atom stereocenters. The van der Waals surface area contributed by atoms with Gasteiger partial charge < -0.3 is 18.6 Å². The predicted octanol–water partition coefficient (Wildman–Crippen LogP) is 3.19. The van der Waals surface area contributed by atoms with Gasteiger partial charge in [0.05, 0.1) is 6.26 Å². The summed E-state index contributed by atoms with van der Waals surface area (Å²) in [5.74, 6) is 1.26. The zero-order valence-electron chi connectivity index (χ0n) is 16.0. The van der Waals surface area contributed by atoms with Gasteiger partial charge in [0.2, 0.25) is 6.79 Å². The van der Waals surface area contributed by atoms with E-state index in [0.29, 0.717) is 23.6 Å². The van der Waals surface area contributed by atoms with Crippen LogP contribution in [0.2, 0.25) is 0 Å². The smallest absolute Gasteiger partial charge is 0.306 e. The number of rotatable bonds is 7. The summed E-state index contributed by atoms with van der Waals surface area (Å²) in [5, 5.41) is 0. The number of amides is 1. The Kier molecular flexibility index (Phi) is 5.79. The minimum atomic E-state index is -3.61. The number of ether oxygens (including phenoxy) is 2. The molecule has 0 spiro atoms. The van der Waals surface area contributed by atoms with Gasteiger partial charge in [-0.1, -0.05) is 19.1 Å². The first kappa shape index (κ1) is 20.0. The lowest BCUT2D eigenvalue weighted by atomic mass is 10.1. The molecule has 1 aliphatic rings. The maximum Gasteiger partial charge on any atom is 0.306 e. The third kappa shape index (κ3) is 4.75. The van der Waals surface area contributed by atoms with Crippen molar-refractivity contribution in [2.45, 2.75) is 32.9 Å². The van der Waals surface area contributed by atoms with E-state index in [9.17, 15) is 13.2 Å². The van der Waals surface area contributed by atoms with Gasteiger partial charge in [-0.2, -0.15) is 8.42 Å². The van der Waals surface area contributed by atoms with Crippen LogP contribution < -0.4 is 13.7 Å². The van der Waals surface area contributed by atoms with Gasteiger partial charge in [-0.15, -0.1) is 0 Å². The fourth-order valence-electron chi connectivity index (χ4n) is 2.91. The molecule has 1 amide bonds. The van der Waals surface area contributed by atoms with Gasteiger partial charge in [0.1, 0.15) is 5.75 Å². The highest BCUT2D eigenvalue weighted by atomic mass is 32.2. The first-order chi connectivity index (χ1) is 13.3. The standard InChI is InChI=1S/C20H23NO6S/c1-4-14(2)21(12-15-6-5-7-17(10-15)27-28(3,23)24)20(22)16-8-9-18-19(11-16)26-13-25-18/h5-11,14H,4,12-13H2,1-3H3/t14-/m0/s1. The second-order valence-corrected chi connectivity index (χ2v) is 8.27. The fraction of sp³-hybridized carbons (Fsp3) is 0.350. The summed E-state index contributed by atoms with van der Waals surface area (Å²) in [6, 6.07) is 11.8.